The van der Waals surface area contributed by atoms with Gasteiger partial charge in [0.1, 0.15) is 17.4 Å². The number of nitrogens with zero attached hydrogens (tertiary/aromatic N) is 1. The van der Waals surface area contributed by atoms with E-state index >= 15 is 0 Å². The zero-order chi connectivity index (χ0) is 19.0. The number of carbonyl (C=O) groups is 1. The molecule has 1 aromatic carbocycles. The Bertz CT molecular complexity index is 653. The standard InChI is InChI=1S/C21H30N2O3/c1-4-11-25-19-9-8-18(13-17(19)15-22)23-20(24)21(26-12-5-2)10-6-7-16(3)14-21/h8-9,13,16H,4-7,10-12,14H2,1-3H3,(H,23,24)/t16-,21-/m1/s1. The molecule has 0 spiro atoms. The van der Waals surface area contributed by atoms with Crippen LogP contribution in [-0.4, -0.2) is 24.7 Å². The molecule has 0 radical (unpaired) electrons. The highest BCUT2D eigenvalue weighted by Crippen LogP contribution is 2.36. The number of rotatable bonds is 8. The van der Waals surface area contributed by atoms with Crippen LogP contribution in [0.5, 0.6) is 5.75 Å². The molecular formula is C21H30N2O3. The minimum atomic E-state index is -0.766. The van der Waals surface area contributed by atoms with Gasteiger partial charge < -0.3 is 14.8 Å². The molecule has 0 aliphatic heterocycles. The monoisotopic (exact) mass is 358 g/mol. The highest BCUT2D eigenvalue weighted by Gasteiger charge is 2.42. The van der Waals surface area contributed by atoms with Crippen LogP contribution in [0, 0.1) is 17.2 Å². The fraction of sp³-hybridized carbons (Fsp3) is 0.619. The number of anilines is 1. The Kier molecular flexibility index (Phi) is 7.47. The second kappa shape index (κ2) is 9.59. The van der Waals surface area contributed by atoms with E-state index in [0.29, 0.717) is 36.1 Å². The molecule has 5 heteroatoms. The van der Waals surface area contributed by atoms with E-state index in [0.717, 1.165) is 38.5 Å². The lowest BCUT2D eigenvalue weighted by Crippen LogP contribution is -2.48. The third kappa shape index (κ3) is 4.98. The maximum absolute atomic E-state index is 13.0. The van der Waals surface area contributed by atoms with Crippen LogP contribution >= 0.6 is 0 Å². The fourth-order valence-electron chi connectivity index (χ4n) is 3.48. The molecule has 1 amide bonds. The minimum absolute atomic E-state index is 0.108. The Labute approximate surface area is 156 Å². The van der Waals surface area contributed by atoms with Crippen molar-refractivity contribution < 1.29 is 14.3 Å². The molecule has 2 atom stereocenters. The highest BCUT2D eigenvalue weighted by atomic mass is 16.5. The van der Waals surface area contributed by atoms with Gasteiger partial charge >= 0.3 is 0 Å². The number of benzene rings is 1. The normalized spacial score (nSPS) is 22.5. The van der Waals surface area contributed by atoms with Gasteiger partial charge in [0.05, 0.1) is 12.2 Å². The molecular weight excluding hydrogens is 328 g/mol. The summed E-state index contributed by atoms with van der Waals surface area (Å²) in [7, 11) is 0. The van der Waals surface area contributed by atoms with Gasteiger partial charge in [-0.1, -0.05) is 27.2 Å². The average molecular weight is 358 g/mol. The van der Waals surface area contributed by atoms with Crippen molar-refractivity contribution in [2.45, 2.75) is 64.9 Å². The van der Waals surface area contributed by atoms with Gasteiger partial charge in [-0.15, -0.1) is 0 Å². The van der Waals surface area contributed by atoms with Crippen molar-refractivity contribution >= 4 is 11.6 Å². The predicted molar refractivity (Wildman–Crippen MR) is 102 cm³/mol. The summed E-state index contributed by atoms with van der Waals surface area (Å²) in [6.07, 6.45) is 5.36. The van der Waals surface area contributed by atoms with Crippen LogP contribution in [0.4, 0.5) is 5.69 Å². The number of carbonyl (C=O) groups excluding carboxylic acids is 1. The molecule has 5 nitrogen and oxygen atoms in total. The lowest BCUT2D eigenvalue weighted by atomic mass is 9.78. The molecule has 1 aliphatic rings. The van der Waals surface area contributed by atoms with E-state index in [1.807, 2.05) is 13.8 Å². The third-order valence-electron chi connectivity index (χ3n) is 4.77. The van der Waals surface area contributed by atoms with E-state index < -0.39 is 5.60 Å². The minimum Gasteiger partial charge on any atom is -0.492 e. The third-order valence-corrected chi connectivity index (χ3v) is 4.77. The van der Waals surface area contributed by atoms with Gasteiger partial charge in [0.25, 0.3) is 5.91 Å². The first-order chi connectivity index (χ1) is 12.5. The molecule has 1 aromatic rings. The molecule has 1 N–H and O–H groups in total. The summed E-state index contributed by atoms with van der Waals surface area (Å²) < 4.78 is 11.6. The summed E-state index contributed by atoms with van der Waals surface area (Å²) in [5, 5.41) is 12.3. The molecule has 0 heterocycles. The van der Waals surface area contributed by atoms with Gasteiger partial charge in [-0.3, -0.25) is 4.79 Å². The number of nitriles is 1. The van der Waals surface area contributed by atoms with Crippen molar-refractivity contribution in [3.63, 3.8) is 0 Å². The lowest BCUT2D eigenvalue weighted by molar-refractivity contribution is -0.148. The second-order valence-electron chi connectivity index (χ2n) is 7.17. The van der Waals surface area contributed by atoms with Crippen molar-refractivity contribution in [1.82, 2.24) is 0 Å². The number of hydrogen-bond acceptors (Lipinski definition) is 4. The summed E-state index contributed by atoms with van der Waals surface area (Å²) in [5.74, 6) is 0.907. The summed E-state index contributed by atoms with van der Waals surface area (Å²) in [5.41, 5.74) is 0.266. The molecule has 26 heavy (non-hydrogen) atoms. The zero-order valence-electron chi connectivity index (χ0n) is 16.1. The molecule has 2 rings (SSSR count). The van der Waals surface area contributed by atoms with Crippen LogP contribution in [-0.2, 0) is 9.53 Å². The highest BCUT2D eigenvalue weighted by molar-refractivity contribution is 5.97. The number of nitrogens with one attached hydrogen (secondary N) is 1. The number of hydrogen-bond donors (Lipinski definition) is 1. The quantitative estimate of drug-likeness (QED) is 0.733. The van der Waals surface area contributed by atoms with Crippen molar-refractivity contribution in [3.8, 4) is 11.8 Å². The summed E-state index contributed by atoms with van der Waals surface area (Å²) >= 11 is 0. The topological polar surface area (TPSA) is 71.3 Å². The van der Waals surface area contributed by atoms with Crippen LogP contribution in [0.3, 0.4) is 0 Å². The van der Waals surface area contributed by atoms with Crippen LogP contribution in [0.2, 0.25) is 0 Å². The maximum Gasteiger partial charge on any atom is 0.256 e. The van der Waals surface area contributed by atoms with Crippen molar-refractivity contribution in [2.24, 2.45) is 5.92 Å². The van der Waals surface area contributed by atoms with Crippen LogP contribution in [0.15, 0.2) is 18.2 Å². The Hall–Kier alpha value is -2.06. The fourth-order valence-corrected chi connectivity index (χ4v) is 3.48. The zero-order valence-corrected chi connectivity index (χ0v) is 16.1. The van der Waals surface area contributed by atoms with Crippen molar-refractivity contribution in [2.75, 3.05) is 18.5 Å². The van der Waals surface area contributed by atoms with Crippen molar-refractivity contribution in [3.05, 3.63) is 23.8 Å². The molecule has 142 valence electrons. The lowest BCUT2D eigenvalue weighted by Gasteiger charge is -2.38. The Morgan fingerprint density at radius 1 is 1.35 bits per heavy atom. The number of amides is 1. The first-order valence-corrected chi connectivity index (χ1v) is 9.67. The van der Waals surface area contributed by atoms with Crippen LogP contribution < -0.4 is 10.1 Å². The van der Waals surface area contributed by atoms with Crippen molar-refractivity contribution in [1.29, 1.82) is 5.26 Å². The smallest absolute Gasteiger partial charge is 0.256 e. The molecule has 1 aliphatic carbocycles. The molecule has 0 saturated heterocycles. The van der Waals surface area contributed by atoms with E-state index in [1.54, 1.807) is 18.2 Å². The van der Waals surface area contributed by atoms with E-state index in [4.69, 9.17) is 9.47 Å². The van der Waals surface area contributed by atoms with Crippen LogP contribution in [0.1, 0.15) is 64.9 Å². The number of ether oxygens (including phenoxy) is 2. The Morgan fingerprint density at radius 3 is 2.77 bits per heavy atom. The van der Waals surface area contributed by atoms with Gasteiger partial charge in [-0.05, 0) is 56.2 Å². The largest absolute Gasteiger partial charge is 0.492 e. The van der Waals surface area contributed by atoms with E-state index in [1.165, 1.54) is 0 Å². The van der Waals surface area contributed by atoms with Crippen LogP contribution in [0.25, 0.3) is 0 Å². The summed E-state index contributed by atoms with van der Waals surface area (Å²) in [6, 6.07) is 7.33. The van der Waals surface area contributed by atoms with Gasteiger partial charge in [-0.25, -0.2) is 0 Å². The maximum atomic E-state index is 13.0. The summed E-state index contributed by atoms with van der Waals surface area (Å²) in [6.45, 7) is 7.37. The molecule has 0 unspecified atom stereocenters. The SMILES string of the molecule is CCCOc1ccc(NC(=O)[C@@]2(OCCC)CCC[C@@H](C)C2)cc1C#N. The van der Waals surface area contributed by atoms with E-state index in [2.05, 4.69) is 18.3 Å². The van der Waals surface area contributed by atoms with Gasteiger partial charge in [0.2, 0.25) is 0 Å². The second-order valence-corrected chi connectivity index (χ2v) is 7.17. The van der Waals surface area contributed by atoms with E-state index in [9.17, 15) is 10.1 Å². The molecule has 1 saturated carbocycles. The molecule has 0 bridgehead atoms. The molecule has 1 fully saturated rings. The van der Waals surface area contributed by atoms with Gasteiger partial charge in [-0.2, -0.15) is 5.26 Å². The first kappa shape index (κ1) is 20.3. The average Bonchev–Trinajstić information content (AvgIpc) is 2.65. The molecule has 0 aromatic heterocycles. The van der Waals surface area contributed by atoms with Gasteiger partial charge in [0.15, 0.2) is 0 Å². The first-order valence-electron chi connectivity index (χ1n) is 9.67. The van der Waals surface area contributed by atoms with Gasteiger partial charge in [0, 0.05) is 12.3 Å². The predicted octanol–water partition coefficient (Wildman–Crippen LogP) is 4.66. The van der Waals surface area contributed by atoms with E-state index in [-0.39, 0.29) is 5.91 Å². The Balaban J connectivity index is 2.16. The Morgan fingerprint density at radius 2 is 2.12 bits per heavy atom. The summed E-state index contributed by atoms with van der Waals surface area (Å²) in [4.78, 5) is 13.0.